The Morgan fingerprint density at radius 1 is 1.09 bits per heavy atom. The molecule has 164 valence electrons. The number of benzene rings is 3. The van der Waals surface area contributed by atoms with Crippen LogP contribution in [0.5, 0.6) is 5.75 Å². The zero-order chi connectivity index (χ0) is 22.6. The molecule has 0 saturated heterocycles. The van der Waals surface area contributed by atoms with Crippen molar-refractivity contribution in [3.05, 3.63) is 113 Å². The maximum atomic E-state index is 14.1. The van der Waals surface area contributed by atoms with Gasteiger partial charge in [-0.25, -0.2) is 9.18 Å². The Morgan fingerprint density at radius 3 is 2.82 bits per heavy atom. The number of ether oxygens (including phenoxy) is 3. The van der Waals surface area contributed by atoms with Crippen LogP contribution in [0, 0.1) is 5.82 Å². The van der Waals surface area contributed by atoms with Gasteiger partial charge in [-0.05, 0) is 24.3 Å². The molecule has 0 aliphatic carbocycles. The average molecular weight is 441 g/mol. The van der Waals surface area contributed by atoms with E-state index in [-0.39, 0.29) is 13.2 Å². The van der Waals surface area contributed by atoms with E-state index in [2.05, 4.69) is 4.98 Å². The molecule has 0 unspecified atom stereocenters. The molecule has 33 heavy (non-hydrogen) atoms. The normalized spacial score (nSPS) is 15.2. The van der Waals surface area contributed by atoms with Gasteiger partial charge in [-0.2, -0.15) is 0 Å². The molecule has 0 N–H and O–H groups in total. The van der Waals surface area contributed by atoms with Crippen LogP contribution in [0.2, 0.25) is 0 Å². The van der Waals surface area contributed by atoms with Crippen LogP contribution in [-0.2, 0) is 27.5 Å². The van der Waals surface area contributed by atoms with Crippen LogP contribution in [0.3, 0.4) is 0 Å². The lowest BCUT2D eigenvalue weighted by molar-refractivity contribution is -0.139. The fourth-order valence-corrected chi connectivity index (χ4v) is 3.78. The Labute approximate surface area is 190 Å². The van der Waals surface area contributed by atoms with E-state index in [0.717, 1.165) is 22.0 Å². The quantitative estimate of drug-likeness (QED) is 0.292. The Morgan fingerprint density at radius 2 is 1.94 bits per heavy atom. The number of nitrogens with zero attached hydrogens (tertiary/aromatic N) is 1. The van der Waals surface area contributed by atoms with Gasteiger partial charge in [0.05, 0.1) is 12.1 Å². The van der Waals surface area contributed by atoms with Crippen molar-refractivity contribution in [3.63, 3.8) is 0 Å². The van der Waals surface area contributed by atoms with Crippen LogP contribution >= 0.6 is 0 Å². The van der Waals surface area contributed by atoms with Crippen molar-refractivity contribution in [3.8, 4) is 5.75 Å². The van der Waals surface area contributed by atoms with E-state index in [1.54, 1.807) is 12.3 Å². The fourth-order valence-electron chi connectivity index (χ4n) is 3.78. The van der Waals surface area contributed by atoms with Crippen molar-refractivity contribution >= 4 is 22.9 Å². The Hall–Kier alpha value is -4.03. The lowest BCUT2D eigenvalue weighted by atomic mass is 10.1. The van der Waals surface area contributed by atoms with E-state index < -0.39 is 18.1 Å². The fraction of sp³-hybridized carbons (Fsp3) is 0.111. The van der Waals surface area contributed by atoms with Crippen molar-refractivity contribution in [2.75, 3.05) is 0 Å². The first-order valence-corrected chi connectivity index (χ1v) is 10.5. The minimum atomic E-state index is -0.614. The van der Waals surface area contributed by atoms with Crippen LogP contribution in [0.1, 0.15) is 28.5 Å². The van der Waals surface area contributed by atoms with E-state index >= 15 is 0 Å². The predicted octanol–water partition coefficient (Wildman–Crippen LogP) is 5.74. The van der Waals surface area contributed by atoms with Crippen LogP contribution in [0.4, 0.5) is 4.39 Å². The standard InChI is InChI=1S/C27H20FNO4/c28-23-14-21(26-22(15-23)17-32-27(33-26)20-6-2-1-3-7-20)16-31-24(30)12-11-19-9-4-8-18-10-5-13-29-25(18)19/h1-15,27H,16-17H2/b12-11+/t27-/m1/s1. The highest BCUT2D eigenvalue weighted by Crippen LogP contribution is 2.36. The summed E-state index contributed by atoms with van der Waals surface area (Å²) in [7, 11) is 0. The zero-order valence-electron chi connectivity index (χ0n) is 17.6. The highest BCUT2D eigenvalue weighted by molar-refractivity contribution is 5.92. The maximum absolute atomic E-state index is 14.1. The number of rotatable bonds is 5. The molecule has 0 amide bonds. The van der Waals surface area contributed by atoms with Gasteiger partial charge in [0.2, 0.25) is 6.29 Å². The minimum absolute atomic E-state index is 0.126. The topological polar surface area (TPSA) is 57.7 Å². The third kappa shape index (κ3) is 4.61. The number of halogens is 1. The second-order valence-corrected chi connectivity index (χ2v) is 7.59. The summed E-state index contributed by atoms with van der Waals surface area (Å²) in [4.78, 5) is 16.7. The first kappa shape index (κ1) is 20.8. The second-order valence-electron chi connectivity index (χ2n) is 7.59. The van der Waals surface area contributed by atoms with Gasteiger partial charge in [-0.1, -0.05) is 54.6 Å². The van der Waals surface area contributed by atoms with Gasteiger partial charge in [0.15, 0.2) is 0 Å². The van der Waals surface area contributed by atoms with Gasteiger partial charge in [-0.3, -0.25) is 4.98 Å². The molecule has 1 aromatic heterocycles. The molecule has 2 heterocycles. The van der Waals surface area contributed by atoms with Crippen LogP contribution in [0.25, 0.3) is 17.0 Å². The number of para-hydroxylation sites is 1. The van der Waals surface area contributed by atoms with E-state index in [1.165, 1.54) is 18.2 Å². The van der Waals surface area contributed by atoms with E-state index in [4.69, 9.17) is 14.2 Å². The van der Waals surface area contributed by atoms with Crippen LogP contribution in [-0.4, -0.2) is 11.0 Å². The van der Waals surface area contributed by atoms with Crippen molar-refractivity contribution in [2.45, 2.75) is 19.5 Å². The van der Waals surface area contributed by atoms with Gasteiger partial charge < -0.3 is 14.2 Å². The lowest BCUT2D eigenvalue weighted by Gasteiger charge is -2.28. The minimum Gasteiger partial charge on any atom is -0.460 e. The van der Waals surface area contributed by atoms with E-state index in [9.17, 15) is 9.18 Å². The molecule has 1 aliphatic heterocycles. The number of carbonyl (C=O) groups excluding carboxylic acids is 1. The SMILES string of the molecule is O=C(/C=C/c1cccc2cccnc12)OCc1cc(F)cc2c1O[C@H](c1ccccc1)OC2. The molecule has 6 heteroatoms. The number of hydrogen-bond acceptors (Lipinski definition) is 5. The molecule has 0 bridgehead atoms. The zero-order valence-corrected chi connectivity index (χ0v) is 17.6. The van der Waals surface area contributed by atoms with Gasteiger partial charge >= 0.3 is 5.97 Å². The summed E-state index contributed by atoms with van der Waals surface area (Å²) in [5.41, 5.74) is 3.47. The van der Waals surface area contributed by atoms with Crippen molar-refractivity contribution in [1.82, 2.24) is 4.98 Å². The number of fused-ring (bicyclic) bond motifs is 2. The summed E-state index contributed by atoms with van der Waals surface area (Å²) in [5, 5.41) is 0.978. The molecule has 4 aromatic rings. The largest absolute Gasteiger partial charge is 0.460 e. The number of hydrogen-bond donors (Lipinski definition) is 0. The van der Waals surface area contributed by atoms with E-state index in [0.29, 0.717) is 16.9 Å². The summed E-state index contributed by atoms with van der Waals surface area (Å²) in [6.07, 6.45) is 4.09. The van der Waals surface area contributed by atoms with Gasteiger partial charge in [-0.15, -0.1) is 0 Å². The highest BCUT2D eigenvalue weighted by Gasteiger charge is 2.25. The summed E-state index contributed by atoms with van der Waals surface area (Å²) in [6, 6.07) is 21.7. The van der Waals surface area contributed by atoms with E-state index in [1.807, 2.05) is 60.7 Å². The van der Waals surface area contributed by atoms with Crippen molar-refractivity contribution in [1.29, 1.82) is 0 Å². The Kier molecular flexibility index (Phi) is 5.83. The van der Waals surface area contributed by atoms with Gasteiger partial charge in [0, 0.05) is 39.9 Å². The van der Waals surface area contributed by atoms with Crippen molar-refractivity contribution < 1.29 is 23.4 Å². The molecule has 3 aromatic carbocycles. The first-order valence-electron chi connectivity index (χ1n) is 10.5. The summed E-state index contributed by atoms with van der Waals surface area (Å²) in [6.45, 7) is 0.0696. The highest BCUT2D eigenvalue weighted by atomic mass is 19.1. The van der Waals surface area contributed by atoms with Crippen LogP contribution in [0.15, 0.2) is 85.1 Å². The second kappa shape index (κ2) is 9.22. The first-order chi connectivity index (χ1) is 16.2. The monoisotopic (exact) mass is 441 g/mol. The maximum Gasteiger partial charge on any atom is 0.331 e. The number of pyridine rings is 1. The number of carbonyl (C=O) groups is 1. The lowest BCUT2D eigenvalue weighted by Crippen LogP contribution is -2.19. The molecular formula is C27H20FNO4. The molecular weight excluding hydrogens is 421 g/mol. The predicted molar refractivity (Wildman–Crippen MR) is 122 cm³/mol. The Balaban J connectivity index is 1.31. The Bertz CT molecular complexity index is 1330. The summed E-state index contributed by atoms with van der Waals surface area (Å²) < 4.78 is 31.3. The molecule has 0 spiro atoms. The third-order valence-electron chi connectivity index (χ3n) is 5.33. The average Bonchev–Trinajstić information content (AvgIpc) is 2.86. The van der Waals surface area contributed by atoms with Crippen molar-refractivity contribution in [2.24, 2.45) is 0 Å². The molecule has 0 radical (unpaired) electrons. The molecule has 1 atom stereocenters. The molecule has 0 fully saturated rings. The van der Waals surface area contributed by atoms with Crippen LogP contribution < -0.4 is 4.74 Å². The molecule has 5 rings (SSSR count). The summed E-state index contributed by atoms with van der Waals surface area (Å²) in [5.74, 6) is -0.512. The molecule has 5 nitrogen and oxygen atoms in total. The molecule has 0 saturated carbocycles. The number of esters is 1. The van der Waals surface area contributed by atoms with Gasteiger partial charge in [0.25, 0.3) is 0 Å². The summed E-state index contributed by atoms with van der Waals surface area (Å²) >= 11 is 0. The number of aromatic nitrogens is 1. The smallest absolute Gasteiger partial charge is 0.331 e. The molecule has 1 aliphatic rings. The van der Waals surface area contributed by atoms with Gasteiger partial charge in [0.1, 0.15) is 18.2 Å². The third-order valence-corrected chi connectivity index (χ3v) is 5.33.